The first-order chi connectivity index (χ1) is 10.7. The maximum atomic E-state index is 12.0. The van der Waals surface area contributed by atoms with Gasteiger partial charge in [0.05, 0.1) is 0 Å². The van der Waals surface area contributed by atoms with Gasteiger partial charge in [0.15, 0.2) is 6.61 Å². The van der Waals surface area contributed by atoms with Gasteiger partial charge in [0.1, 0.15) is 5.75 Å². The van der Waals surface area contributed by atoms with E-state index >= 15 is 0 Å². The summed E-state index contributed by atoms with van der Waals surface area (Å²) in [6.45, 7) is 0.0307. The van der Waals surface area contributed by atoms with Crippen molar-refractivity contribution in [1.29, 1.82) is 0 Å². The van der Waals surface area contributed by atoms with Gasteiger partial charge in [-0.25, -0.2) is 0 Å². The molecule has 0 aromatic heterocycles. The molecule has 1 amide bonds. The largest absolute Gasteiger partial charge is 0.483 e. The molecular formula is C18H18BrNO2. The molecule has 114 valence electrons. The van der Waals surface area contributed by atoms with E-state index in [4.69, 9.17) is 4.74 Å². The number of carbonyl (C=O) groups excluding carboxylic acids is 1. The van der Waals surface area contributed by atoms with Gasteiger partial charge in [-0.2, -0.15) is 0 Å². The second-order valence-corrected chi connectivity index (χ2v) is 6.36. The van der Waals surface area contributed by atoms with E-state index in [2.05, 4.69) is 27.3 Å². The van der Waals surface area contributed by atoms with Crippen LogP contribution in [-0.2, 0) is 17.6 Å². The molecule has 3 rings (SSSR count). The smallest absolute Gasteiger partial charge is 0.262 e. The molecule has 22 heavy (non-hydrogen) atoms. The van der Waals surface area contributed by atoms with Crippen molar-refractivity contribution in [3.05, 3.63) is 58.1 Å². The molecule has 0 bridgehead atoms. The van der Waals surface area contributed by atoms with Crippen molar-refractivity contribution >= 4 is 27.5 Å². The van der Waals surface area contributed by atoms with E-state index in [1.807, 2.05) is 36.4 Å². The summed E-state index contributed by atoms with van der Waals surface area (Å²) in [4.78, 5) is 12.0. The van der Waals surface area contributed by atoms with E-state index in [-0.39, 0.29) is 12.5 Å². The van der Waals surface area contributed by atoms with Crippen molar-refractivity contribution in [3.63, 3.8) is 0 Å². The monoisotopic (exact) mass is 359 g/mol. The molecule has 2 aromatic carbocycles. The van der Waals surface area contributed by atoms with Crippen molar-refractivity contribution in [1.82, 2.24) is 0 Å². The predicted octanol–water partition coefficient (Wildman–Crippen LogP) is 4.35. The summed E-state index contributed by atoms with van der Waals surface area (Å²) >= 11 is 3.39. The number of rotatable bonds is 4. The van der Waals surface area contributed by atoms with E-state index in [9.17, 15) is 4.79 Å². The fourth-order valence-electron chi connectivity index (χ4n) is 2.79. The summed E-state index contributed by atoms with van der Waals surface area (Å²) in [5.74, 6) is 0.702. The number of hydrogen-bond donors (Lipinski definition) is 1. The third-order valence-corrected chi connectivity index (χ3v) is 4.31. The van der Waals surface area contributed by atoms with E-state index in [0.29, 0.717) is 0 Å². The lowest BCUT2D eigenvalue weighted by atomic mass is 9.91. The number of aryl methyl sites for hydroxylation is 1. The second-order valence-electron chi connectivity index (χ2n) is 5.45. The molecule has 1 N–H and O–H groups in total. The lowest BCUT2D eigenvalue weighted by Gasteiger charge is -2.19. The Hall–Kier alpha value is -1.81. The Morgan fingerprint density at radius 3 is 2.82 bits per heavy atom. The van der Waals surface area contributed by atoms with Crippen molar-refractivity contribution in [2.24, 2.45) is 0 Å². The number of nitrogens with one attached hydrogen (secondary N) is 1. The Morgan fingerprint density at radius 2 is 1.95 bits per heavy atom. The van der Waals surface area contributed by atoms with Crippen LogP contribution < -0.4 is 10.1 Å². The maximum Gasteiger partial charge on any atom is 0.262 e. The maximum absolute atomic E-state index is 12.0. The van der Waals surface area contributed by atoms with Crippen molar-refractivity contribution < 1.29 is 9.53 Å². The number of carbonyl (C=O) groups is 1. The van der Waals surface area contributed by atoms with Crippen LogP contribution in [-0.4, -0.2) is 12.5 Å². The Bertz CT molecular complexity index is 685. The molecule has 1 aliphatic carbocycles. The number of anilines is 1. The molecule has 3 nitrogen and oxygen atoms in total. The molecule has 2 aromatic rings. The zero-order valence-corrected chi connectivity index (χ0v) is 13.9. The first-order valence-corrected chi connectivity index (χ1v) is 8.30. The minimum Gasteiger partial charge on any atom is -0.483 e. The molecule has 0 spiro atoms. The quantitative estimate of drug-likeness (QED) is 0.881. The van der Waals surface area contributed by atoms with Crippen LogP contribution in [0.1, 0.15) is 24.0 Å². The van der Waals surface area contributed by atoms with Crippen LogP contribution in [0.4, 0.5) is 5.69 Å². The number of amides is 1. The number of fused-ring (bicyclic) bond motifs is 1. The first-order valence-electron chi connectivity index (χ1n) is 7.51. The minimum absolute atomic E-state index is 0.0307. The Morgan fingerprint density at radius 1 is 1.14 bits per heavy atom. The summed E-state index contributed by atoms with van der Waals surface area (Å²) in [7, 11) is 0. The number of hydrogen-bond acceptors (Lipinski definition) is 2. The number of halogens is 1. The Labute approximate surface area is 138 Å². The lowest BCUT2D eigenvalue weighted by Crippen LogP contribution is -2.21. The molecule has 0 fully saturated rings. The van der Waals surface area contributed by atoms with Crippen molar-refractivity contribution in [2.45, 2.75) is 25.7 Å². The first kappa shape index (κ1) is 15.1. The van der Waals surface area contributed by atoms with Gasteiger partial charge >= 0.3 is 0 Å². The van der Waals surface area contributed by atoms with E-state index in [1.54, 1.807) is 0 Å². The molecule has 0 saturated carbocycles. The van der Waals surface area contributed by atoms with Gasteiger partial charge in [-0.3, -0.25) is 4.79 Å². The summed E-state index contributed by atoms with van der Waals surface area (Å²) in [6, 6.07) is 13.6. The second kappa shape index (κ2) is 6.97. The van der Waals surface area contributed by atoms with Crippen molar-refractivity contribution in [2.75, 3.05) is 11.9 Å². The third kappa shape index (κ3) is 3.69. The molecule has 1 aliphatic rings. The lowest BCUT2D eigenvalue weighted by molar-refractivity contribution is -0.118. The van der Waals surface area contributed by atoms with Crippen molar-refractivity contribution in [3.8, 4) is 5.75 Å². The standard InChI is InChI=1S/C18H18BrNO2/c19-14-7-4-8-15(11-14)20-18(21)12-22-17-10-3-6-13-5-1-2-9-16(13)17/h3-4,6-8,10-11H,1-2,5,9,12H2,(H,20,21). The van der Waals surface area contributed by atoms with E-state index in [1.165, 1.54) is 24.0 Å². The Balaban J connectivity index is 1.62. The molecule has 0 unspecified atom stereocenters. The normalized spacial score (nSPS) is 13.3. The number of ether oxygens (including phenoxy) is 1. The molecule has 4 heteroatoms. The SMILES string of the molecule is O=C(COc1cccc2c1CCCC2)Nc1cccc(Br)c1. The average molecular weight is 360 g/mol. The summed E-state index contributed by atoms with van der Waals surface area (Å²) in [6.07, 6.45) is 4.58. The average Bonchev–Trinajstić information content (AvgIpc) is 2.53. The van der Waals surface area contributed by atoms with Gasteiger partial charge in [-0.05, 0) is 61.1 Å². The van der Waals surface area contributed by atoms with Crippen LogP contribution in [0.25, 0.3) is 0 Å². The van der Waals surface area contributed by atoms with Crippen LogP contribution >= 0.6 is 15.9 Å². The zero-order chi connectivity index (χ0) is 15.4. The fourth-order valence-corrected chi connectivity index (χ4v) is 3.19. The zero-order valence-electron chi connectivity index (χ0n) is 12.3. The van der Waals surface area contributed by atoms with Crippen LogP contribution in [0.3, 0.4) is 0 Å². The molecule has 0 atom stereocenters. The summed E-state index contributed by atoms with van der Waals surface area (Å²) in [5.41, 5.74) is 3.39. The van der Waals surface area contributed by atoms with Gasteiger partial charge in [-0.1, -0.05) is 34.1 Å². The van der Waals surface area contributed by atoms with Gasteiger partial charge in [0.2, 0.25) is 0 Å². The van der Waals surface area contributed by atoms with Gasteiger partial charge in [0, 0.05) is 10.2 Å². The fraction of sp³-hybridized carbons (Fsp3) is 0.278. The molecule has 0 radical (unpaired) electrons. The van der Waals surface area contributed by atoms with Gasteiger partial charge in [0.25, 0.3) is 5.91 Å². The summed E-state index contributed by atoms with van der Waals surface area (Å²) in [5, 5.41) is 2.84. The minimum atomic E-state index is -0.147. The predicted molar refractivity (Wildman–Crippen MR) is 91.4 cm³/mol. The number of benzene rings is 2. The molecule has 0 aliphatic heterocycles. The third-order valence-electron chi connectivity index (χ3n) is 3.82. The topological polar surface area (TPSA) is 38.3 Å². The van der Waals surface area contributed by atoms with E-state index < -0.39 is 0 Å². The van der Waals surface area contributed by atoms with Crippen LogP contribution in [0.2, 0.25) is 0 Å². The van der Waals surface area contributed by atoms with Crippen LogP contribution in [0, 0.1) is 0 Å². The van der Waals surface area contributed by atoms with Gasteiger partial charge < -0.3 is 10.1 Å². The van der Waals surface area contributed by atoms with E-state index in [0.717, 1.165) is 28.8 Å². The highest BCUT2D eigenvalue weighted by Crippen LogP contribution is 2.29. The highest BCUT2D eigenvalue weighted by molar-refractivity contribution is 9.10. The molecule has 0 saturated heterocycles. The van der Waals surface area contributed by atoms with Gasteiger partial charge in [-0.15, -0.1) is 0 Å². The molecular weight excluding hydrogens is 342 g/mol. The van der Waals surface area contributed by atoms with Crippen LogP contribution in [0.15, 0.2) is 46.9 Å². The molecule has 0 heterocycles. The Kier molecular flexibility index (Phi) is 4.78. The highest BCUT2D eigenvalue weighted by Gasteiger charge is 2.14. The van der Waals surface area contributed by atoms with Crippen LogP contribution in [0.5, 0.6) is 5.75 Å². The summed E-state index contributed by atoms with van der Waals surface area (Å²) < 4.78 is 6.68. The highest BCUT2D eigenvalue weighted by atomic mass is 79.9.